The van der Waals surface area contributed by atoms with Crippen LogP contribution in [0.25, 0.3) is 0 Å². The number of aliphatic hydroxyl groups excluding tert-OH is 1. The van der Waals surface area contributed by atoms with Gasteiger partial charge in [0.05, 0.1) is 13.0 Å². The van der Waals surface area contributed by atoms with E-state index in [0.717, 1.165) is 0 Å². The predicted octanol–water partition coefficient (Wildman–Crippen LogP) is 1.67. The van der Waals surface area contributed by atoms with E-state index < -0.39 is 54.0 Å². The van der Waals surface area contributed by atoms with E-state index in [0.29, 0.717) is 0 Å². The second-order valence-electron chi connectivity index (χ2n) is 2.93. The minimum atomic E-state index is -1.91. The Hall–Kier alpha value is -1.35. The van der Waals surface area contributed by atoms with Gasteiger partial charge < -0.3 is 9.84 Å². The van der Waals surface area contributed by atoms with Crippen LogP contribution in [0.3, 0.4) is 0 Å². The van der Waals surface area contributed by atoms with Crippen LogP contribution in [-0.2, 0) is 9.53 Å². The molecule has 1 unspecified atom stereocenters. The van der Waals surface area contributed by atoms with Gasteiger partial charge in [0.25, 0.3) is 0 Å². The number of rotatable bonds is 3. The molecule has 0 heterocycles. The second kappa shape index (κ2) is 4.77. The van der Waals surface area contributed by atoms with Crippen molar-refractivity contribution < 1.29 is 21.5 Å². The summed E-state index contributed by atoms with van der Waals surface area (Å²) < 4.78 is 42.2. The smallest absolute Gasteiger partial charge is 0.339 e. The van der Waals surface area contributed by atoms with Crippen molar-refractivity contribution in [2.24, 2.45) is 0 Å². The first-order valence-corrected chi connectivity index (χ1v) is 4.13. The lowest BCUT2D eigenvalue weighted by Gasteiger charge is -2.12. The summed E-state index contributed by atoms with van der Waals surface area (Å²) in [5.74, 6) is -1.05. The molecule has 0 spiro atoms. The molecule has 0 saturated carbocycles. The first-order valence-electron chi connectivity index (χ1n) is 6.63. The Morgan fingerprint density at radius 3 is 2.50 bits per heavy atom. The van der Waals surface area contributed by atoms with E-state index in [2.05, 4.69) is 0 Å². The third-order valence-electron chi connectivity index (χ3n) is 1.37. The summed E-state index contributed by atoms with van der Waals surface area (Å²) >= 11 is 0. The Kier molecular flexibility index (Phi) is 1.88. The zero-order chi connectivity index (χ0) is 14.9. The zero-order valence-electron chi connectivity index (χ0n) is 12.9. The number of benzene rings is 1. The van der Waals surface area contributed by atoms with Gasteiger partial charge in [0.1, 0.15) is 0 Å². The maximum Gasteiger partial charge on any atom is 0.339 e. The number of esters is 1. The van der Waals surface area contributed by atoms with Crippen molar-refractivity contribution in [1.82, 2.24) is 0 Å². The molecule has 1 N–H and O–H groups in total. The van der Waals surface area contributed by atoms with Crippen molar-refractivity contribution in [1.29, 1.82) is 0 Å². The molecule has 0 aliphatic rings. The summed E-state index contributed by atoms with van der Waals surface area (Å²) in [7, 11) is 0. The SMILES string of the molecule is [2H]c1c([2H])c([2H])c(C(O)C(=O)OC(C)C)c([2H])c1[2H]. The molecule has 1 rings (SSSR count). The van der Waals surface area contributed by atoms with Crippen LogP contribution in [0.2, 0.25) is 0 Å². The summed E-state index contributed by atoms with van der Waals surface area (Å²) in [5.41, 5.74) is -0.475. The highest BCUT2D eigenvalue weighted by Gasteiger charge is 2.19. The van der Waals surface area contributed by atoms with Gasteiger partial charge in [-0.25, -0.2) is 4.79 Å². The Morgan fingerprint density at radius 1 is 1.43 bits per heavy atom. The summed E-state index contributed by atoms with van der Waals surface area (Å²) in [4.78, 5) is 11.6. The number of hydrogen-bond donors (Lipinski definition) is 1. The first-order chi connectivity index (χ1) is 8.68. The third-order valence-corrected chi connectivity index (χ3v) is 1.37. The molecule has 3 heteroatoms. The number of ether oxygens (including phenoxy) is 1. The van der Waals surface area contributed by atoms with Crippen LogP contribution in [0.15, 0.2) is 30.2 Å². The fraction of sp³-hybridized carbons (Fsp3) is 0.364. The highest BCUT2D eigenvalue weighted by molar-refractivity contribution is 5.76. The van der Waals surface area contributed by atoms with E-state index in [-0.39, 0.29) is 0 Å². The molecule has 0 bridgehead atoms. The molecule has 0 aliphatic carbocycles. The zero-order valence-corrected chi connectivity index (χ0v) is 7.92. The van der Waals surface area contributed by atoms with E-state index in [1.54, 1.807) is 13.8 Å². The monoisotopic (exact) mass is 199 g/mol. The van der Waals surface area contributed by atoms with Crippen LogP contribution in [0.5, 0.6) is 0 Å². The van der Waals surface area contributed by atoms with Gasteiger partial charge in [-0.1, -0.05) is 30.2 Å². The lowest BCUT2D eigenvalue weighted by molar-refractivity contribution is -0.157. The van der Waals surface area contributed by atoms with Gasteiger partial charge in [-0.15, -0.1) is 0 Å². The van der Waals surface area contributed by atoms with Gasteiger partial charge in [-0.05, 0) is 19.4 Å². The van der Waals surface area contributed by atoms with Crippen molar-refractivity contribution in [3.63, 3.8) is 0 Å². The topological polar surface area (TPSA) is 46.5 Å². The molecule has 0 fully saturated rings. The lowest BCUT2D eigenvalue weighted by Crippen LogP contribution is -2.19. The predicted molar refractivity (Wildman–Crippen MR) is 52.6 cm³/mol. The largest absolute Gasteiger partial charge is 0.461 e. The molecule has 0 aliphatic heterocycles. The highest BCUT2D eigenvalue weighted by atomic mass is 16.6. The van der Waals surface area contributed by atoms with E-state index >= 15 is 0 Å². The molecule has 0 amide bonds. The number of carbonyl (C=O) groups is 1. The van der Waals surface area contributed by atoms with Gasteiger partial charge in [0.2, 0.25) is 0 Å². The van der Waals surface area contributed by atoms with Crippen LogP contribution in [-0.4, -0.2) is 17.2 Å². The Balaban J connectivity index is 3.31. The first kappa shape index (κ1) is 5.51. The van der Waals surface area contributed by atoms with Gasteiger partial charge in [-0.2, -0.15) is 0 Å². The molecule has 3 nitrogen and oxygen atoms in total. The van der Waals surface area contributed by atoms with Crippen molar-refractivity contribution in [3.05, 3.63) is 35.8 Å². The minimum absolute atomic E-state index is 0.475. The van der Waals surface area contributed by atoms with Gasteiger partial charge in [0, 0.05) is 0 Å². The summed E-state index contributed by atoms with van der Waals surface area (Å²) in [6, 6.07) is -3.01. The minimum Gasteiger partial charge on any atom is -0.461 e. The maximum atomic E-state index is 11.6. The fourth-order valence-corrected chi connectivity index (χ4v) is 0.811. The van der Waals surface area contributed by atoms with E-state index in [9.17, 15) is 9.90 Å². The third kappa shape index (κ3) is 2.85. The summed E-state index contributed by atoms with van der Waals surface area (Å²) in [6.45, 7) is 3.15. The molecule has 0 radical (unpaired) electrons. The molecule has 76 valence electrons. The summed E-state index contributed by atoms with van der Waals surface area (Å²) in [6.07, 6.45) is -2.39. The highest BCUT2D eigenvalue weighted by Crippen LogP contribution is 2.14. The molecule has 14 heavy (non-hydrogen) atoms. The molecular weight excluding hydrogens is 180 g/mol. The van der Waals surface area contributed by atoms with E-state index in [1.807, 2.05) is 0 Å². The average molecular weight is 199 g/mol. The van der Waals surface area contributed by atoms with Crippen LogP contribution in [0.4, 0.5) is 0 Å². The quantitative estimate of drug-likeness (QED) is 0.753. The molecule has 0 saturated heterocycles. The van der Waals surface area contributed by atoms with E-state index in [1.165, 1.54) is 0 Å². The molecular formula is C11H14O3. The number of carbonyl (C=O) groups excluding carboxylic acids is 1. The number of hydrogen-bond acceptors (Lipinski definition) is 3. The van der Waals surface area contributed by atoms with E-state index in [4.69, 9.17) is 11.6 Å². The second-order valence-corrected chi connectivity index (χ2v) is 2.93. The van der Waals surface area contributed by atoms with Gasteiger partial charge in [-0.3, -0.25) is 0 Å². The van der Waals surface area contributed by atoms with Gasteiger partial charge in [0.15, 0.2) is 6.10 Å². The fourth-order valence-electron chi connectivity index (χ4n) is 0.811. The Labute approximate surface area is 90.4 Å². The van der Waals surface area contributed by atoms with Crippen molar-refractivity contribution in [2.45, 2.75) is 26.1 Å². The van der Waals surface area contributed by atoms with Crippen molar-refractivity contribution >= 4 is 5.97 Å². The summed E-state index contributed by atoms with van der Waals surface area (Å²) in [5, 5.41) is 9.80. The van der Waals surface area contributed by atoms with Crippen molar-refractivity contribution in [2.75, 3.05) is 0 Å². The Bertz CT molecular complexity index is 487. The average Bonchev–Trinajstić information content (AvgIpc) is 2.33. The molecule has 1 aromatic carbocycles. The molecule has 0 aromatic heterocycles. The van der Waals surface area contributed by atoms with Crippen LogP contribution >= 0.6 is 0 Å². The molecule has 1 atom stereocenters. The normalized spacial score (nSPS) is 17.6. The lowest BCUT2D eigenvalue weighted by atomic mass is 10.1. The number of aliphatic hydroxyl groups is 1. The van der Waals surface area contributed by atoms with Crippen LogP contribution < -0.4 is 0 Å². The standard InChI is InChI=1S/C11H14O3/c1-8(2)14-11(13)10(12)9-6-4-3-5-7-9/h3-8,10,12H,1-2H3/i3D,4D,5D,6D,7D. The Morgan fingerprint density at radius 2 is 2.00 bits per heavy atom. The molecule has 1 aromatic rings. The maximum absolute atomic E-state index is 11.6. The van der Waals surface area contributed by atoms with Crippen LogP contribution in [0.1, 0.15) is 32.4 Å². The van der Waals surface area contributed by atoms with Gasteiger partial charge >= 0.3 is 5.97 Å². The van der Waals surface area contributed by atoms with Crippen molar-refractivity contribution in [3.8, 4) is 0 Å². The van der Waals surface area contributed by atoms with Crippen LogP contribution in [0, 0.1) is 0 Å².